The molecule has 1 fully saturated rings. The van der Waals surface area contributed by atoms with E-state index in [1.54, 1.807) is 18.3 Å². The first-order valence-electron chi connectivity index (χ1n) is 7.27. The summed E-state index contributed by atoms with van der Waals surface area (Å²) in [5.74, 6) is 0.484. The smallest absolute Gasteiger partial charge is 0.258 e. The first-order chi connectivity index (χ1) is 9.62. The van der Waals surface area contributed by atoms with Gasteiger partial charge < -0.3 is 5.32 Å². The van der Waals surface area contributed by atoms with Crippen LogP contribution in [0, 0.1) is 5.92 Å². The topological polar surface area (TPSA) is 71.1 Å². The Kier molecular flexibility index (Phi) is 5.51. The van der Waals surface area contributed by atoms with E-state index in [0.29, 0.717) is 19.0 Å². The minimum atomic E-state index is -3.47. The zero-order valence-electron chi connectivity index (χ0n) is 11.9. The molecule has 0 aromatic carbocycles. The molecule has 0 spiro atoms. The molecule has 0 saturated heterocycles. The first-order valence-corrected chi connectivity index (χ1v) is 8.75. The van der Waals surface area contributed by atoms with Gasteiger partial charge in [-0.25, -0.2) is 18.1 Å². The normalized spacial score (nSPS) is 16.6. The van der Waals surface area contributed by atoms with Crippen molar-refractivity contribution < 1.29 is 8.42 Å². The van der Waals surface area contributed by atoms with Crippen molar-refractivity contribution in [2.45, 2.75) is 44.2 Å². The lowest BCUT2D eigenvalue weighted by Crippen LogP contribution is -2.29. The van der Waals surface area contributed by atoms with Gasteiger partial charge in [-0.05, 0) is 36.9 Å². The summed E-state index contributed by atoms with van der Waals surface area (Å²) in [6.07, 6.45) is 6.29. The van der Waals surface area contributed by atoms with E-state index < -0.39 is 10.0 Å². The molecule has 0 atom stereocenters. The summed E-state index contributed by atoms with van der Waals surface area (Å²) in [5.41, 5.74) is 0.988. The van der Waals surface area contributed by atoms with Gasteiger partial charge in [0, 0.05) is 19.3 Å². The standard InChI is InChI=1S/C14H23N3O2S/c1-2-15-9-13-7-8-14(16-10-13)20(18,19)17-11-12-5-3-4-6-12/h7-8,10,12,15,17H,2-6,9,11H2,1H3. The van der Waals surface area contributed by atoms with Crippen LogP contribution in [0.1, 0.15) is 38.2 Å². The Labute approximate surface area is 121 Å². The minimum absolute atomic E-state index is 0.107. The van der Waals surface area contributed by atoms with Crippen molar-refractivity contribution in [2.24, 2.45) is 5.92 Å². The van der Waals surface area contributed by atoms with Crippen molar-refractivity contribution in [1.29, 1.82) is 0 Å². The van der Waals surface area contributed by atoms with Gasteiger partial charge in [-0.2, -0.15) is 0 Å². The fraction of sp³-hybridized carbons (Fsp3) is 0.643. The molecular weight excluding hydrogens is 274 g/mol. The van der Waals surface area contributed by atoms with E-state index in [-0.39, 0.29) is 5.03 Å². The maximum absolute atomic E-state index is 12.1. The number of rotatable bonds is 7. The summed E-state index contributed by atoms with van der Waals surface area (Å²) < 4.78 is 26.9. The Morgan fingerprint density at radius 1 is 1.30 bits per heavy atom. The molecule has 6 heteroatoms. The molecular formula is C14H23N3O2S. The number of aromatic nitrogens is 1. The Balaban J connectivity index is 1.94. The van der Waals surface area contributed by atoms with Gasteiger partial charge in [0.25, 0.3) is 10.0 Å². The summed E-state index contributed by atoms with van der Waals surface area (Å²) in [7, 11) is -3.47. The monoisotopic (exact) mass is 297 g/mol. The molecule has 112 valence electrons. The molecule has 0 bridgehead atoms. The second kappa shape index (κ2) is 7.15. The van der Waals surface area contributed by atoms with Crippen LogP contribution in [0.3, 0.4) is 0 Å². The highest BCUT2D eigenvalue weighted by molar-refractivity contribution is 7.89. The van der Waals surface area contributed by atoms with Crippen molar-refractivity contribution in [1.82, 2.24) is 15.0 Å². The van der Waals surface area contributed by atoms with Gasteiger partial charge in [0.15, 0.2) is 5.03 Å². The third-order valence-corrected chi connectivity index (χ3v) is 5.03. The highest BCUT2D eigenvalue weighted by Crippen LogP contribution is 2.24. The van der Waals surface area contributed by atoms with Crippen LogP contribution in [-0.4, -0.2) is 26.5 Å². The van der Waals surface area contributed by atoms with E-state index in [9.17, 15) is 8.42 Å². The van der Waals surface area contributed by atoms with E-state index in [1.807, 2.05) is 6.92 Å². The summed E-state index contributed by atoms with van der Waals surface area (Å²) in [6, 6.07) is 3.38. The molecule has 0 aliphatic heterocycles. The summed E-state index contributed by atoms with van der Waals surface area (Å²) in [5, 5.41) is 3.29. The lowest BCUT2D eigenvalue weighted by Gasteiger charge is -2.11. The lowest BCUT2D eigenvalue weighted by atomic mass is 10.1. The van der Waals surface area contributed by atoms with Gasteiger partial charge >= 0.3 is 0 Å². The van der Waals surface area contributed by atoms with Crippen LogP contribution in [0.4, 0.5) is 0 Å². The fourth-order valence-electron chi connectivity index (χ4n) is 2.46. The predicted molar refractivity (Wildman–Crippen MR) is 78.8 cm³/mol. The highest BCUT2D eigenvalue weighted by Gasteiger charge is 2.20. The SMILES string of the molecule is CCNCc1ccc(S(=O)(=O)NCC2CCCC2)nc1. The number of pyridine rings is 1. The van der Waals surface area contributed by atoms with Crippen LogP contribution in [0.25, 0.3) is 0 Å². The van der Waals surface area contributed by atoms with Crippen LogP contribution >= 0.6 is 0 Å². The van der Waals surface area contributed by atoms with Gasteiger partial charge in [0.2, 0.25) is 0 Å². The minimum Gasteiger partial charge on any atom is -0.313 e. The number of nitrogens with one attached hydrogen (secondary N) is 2. The van der Waals surface area contributed by atoms with Gasteiger partial charge in [-0.1, -0.05) is 25.8 Å². The third-order valence-electron chi connectivity index (χ3n) is 3.69. The Morgan fingerprint density at radius 2 is 2.05 bits per heavy atom. The Morgan fingerprint density at radius 3 is 2.65 bits per heavy atom. The van der Waals surface area contributed by atoms with Crippen molar-refractivity contribution in [3.8, 4) is 0 Å². The van der Waals surface area contributed by atoms with E-state index >= 15 is 0 Å². The number of nitrogens with zero attached hydrogens (tertiary/aromatic N) is 1. The molecule has 0 unspecified atom stereocenters. The summed E-state index contributed by atoms with van der Waals surface area (Å²) >= 11 is 0. The Bertz CT molecular complexity index is 508. The highest BCUT2D eigenvalue weighted by atomic mass is 32.2. The number of hydrogen-bond acceptors (Lipinski definition) is 4. The molecule has 1 saturated carbocycles. The zero-order valence-corrected chi connectivity index (χ0v) is 12.7. The second-order valence-electron chi connectivity index (χ2n) is 5.29. The van der Waals surface area contributed by atoms with E-state index in [1.165, 1.54) is 12.8 Å². The molecule has 0 radical (unpaired) electrons. The summed E-state index contributed by atoms with van der Waals surface area (Å²) in [4.78, 5) is 4.06. The van der Waals surface area contributed by atoms with Gasteiger partial charge in [-0.3, -0.25) is 0 Å². The zero-order chi connectivity index (χ0) is 14.4. The molecule has 1 aliphatic rings. The van der Waals surface area contributed by atoms with Gasteiger partial charge in [0.1, 0.15) is 0 Å². The van der Waals surface area contributed by atoms with E-state index in [2.05, 4.69) is 15.0 Å². The van der Waals surface area contributed by atoms with Crippen LogP contribution < -0.4 is 10.0 Å². The molecule has 5 nitrogen and oxygen atoms in total. The summed E-state index contributed by atoms with van der Waals surface area (Å²) in [6.45, 7) is 4.14. The lowest BCUT2D eigenvalue weighted by molar-refractivity contribution is 0.518. The van der Waals surface area contributed by atoms with Crippen molar-refractivity contribution in [3.63, 3.8) is 0 Å². The molecule has 2 N–H and O–H groups in total. The van der Waals surface area contributed by atoms with E-state index in [0.717, 1.165) is 24.9 Å². The van der Waals surface area contributed by atoms with Crippen LogP contribution in [-0.2, 0) is 16.6 Å². The number of hydrogen-bond donors (Lipinski definition) is 2. The maximum atomic E-state index is 12.1. The van der Waals surface area contributed by atoms with Gasteiger partial charge in [0.05, 0.1) is 0 Å². The second-order valence-corrected chi connectivity index (χ2v) is 7.00. The third kappa shape index (κ3) is 4.26. The molecule has 1 aliphatic carbocycles. The predicted octanol–water partition coefficient (Wildman–Crippen LogP) is 1.66. The van der Waals surface area contributed by atoms with Crippen molar-refractivity contribution in [2.75, 3.05) is 13.1 Å². The molecule has 1 aromatic rings. The number of sulfonamides is 1. The molecule has 0 amide bonds. The van der Waals surface area contributed by atoms with Crippen molar-refractivity contribution >= 4 is 10.0 Å². The maximum Gasteiger partial charge on any atom is 0.258 e. The fourth-order valence-corrected chi connectivity index (χ4v) is 3.50. The first kappa shape index (κ1) is 15.4. The molecule has 1 aromatic heterocycles. The molecule has 1 heterocycles. The van der Waals surface area contributed by atoms with Crippen molar-refractivity contribution in [3.05, 3.63) is 23.9 Å². The van der Waals surface area contributed by atoms with Crippen LogP contribution in [0.15, 0.2) is 23.4 Å². The average molecular weight is 297 g/mol. The molecule has 2 rings (SSSR count). The van der Waals surface area contributed by atoms with Crippen LogP contribution in [0.5, 0.6) is 0 Å². The largest absolute Gasteiger partial charge is 0.313 e. The quantitative estimate of drug-likeness (QED) is 0.803. The Hall–Kier alpha value is -0.980. The van der Waals surface area contributed by atoms with Crippen LogP contribution in [0.2, 0.25) is 0 Å². The molecule has 20 heavy (non-hydrogen) atoms. The van der Waals surface area contributed by atoms with E-state index in [4.69, 9.17) is 0 Å². The average Bonchev–Trinajstić information content (AvgIpc) is 2.97. The van der Waals surface area contributed by atoms with Gasteiger partial charge in [-0.15, -0.1) is 0 Å².